The summed E-state index contributed by atoms with van der Waals surface area (Å²) < 4.78 is 4.98. The summed E-state index contributed by atoms with van der Waals surface area (Å²) in [5, 5.41) is 1.59. The Morgan fingerprint density at radius 1 is 1.75 bits per heavy atom. The van der Waals surface area contributed by atoms with Gasteiger partial charge >= 0.3 is 0 Å². The molecule has 0 saturated carbocycles. The molecule has 0 N–H and O–H groups in total. The minimum atomic E-state index is 0.686. The van der Waals surface area contributed by atoms with E-state index in [1.165, 1.54) is 0 Å². The van der Waals surface area contributed by atoms with Crippen LogP contribution in [0.25, 0.3) is 0 Å². The molecule has 0 spiro atoms. The first-order valence-electron chi connectivity index (χ1n) is 2.52. The molecule has 0 aliphatic rings. The van der Waals surface area contributed by atoms with Gasteiger partial charge in [0.1, 0.15) is 0 Å². The molecule has 0 radical (unpaired) electrons. The van der Waals surface area contributed by atoms with E-state index in [0.29, 0.717) is 11.7 Å². The van der Waals surface area contributed by atoms with E-state index >= 15 is 0 Å². The maximum absolute atomic E-state index is 4.98. The average Bonchev–Trinajstić information content (AvgIpc) is 1.68. The van der Waals surface area contributed by atoms with Gasteiger partial charge in [0, 0.05) is 11.8 Å². The third kappa shape index (κ3) is 4.53. The van der Waals surface area contributed by atoms with E-state index in [4.69, 9.17) is 17.0 Å². The van der Waals surface area contributed by atoms with Crippen LogP contribution in [0.1, 0.15) is 13.3 Å². The molecular formula is C5H9BrOS. The van der Waals surface area contributed by atoms with E-state index in [2.05, 4.69) is 15.9 Å². The smallest absolute Gasteiger partial charge is 0.160 e. The largest absolute Gasteiger partial charge is 0.487 e. The lowest BCUT2D eigenvalue weighted by molar-refractivity contribution is 0.329. The molecule has 0 amide bonds. The Bertz CT molecular complexity index is 66.8. The summed E-state index contributed by atoms with van der Waals surface area (Å²) in [5.41, 5.74) is 0. The van der Waals surface area contributed by atoms with Crippen molar-refractivity contribution in [2.45, 2.75) is 13.3 Å². The van der Waals surface area contributed by atoms with E-state index in [1.807, 2.05) is 6.92 Å². The topological polar surface area (TPSA) is 9.23 Å². The van der Waals surface area contributed by atoms with Crippen LogP contribution in [0, 0.1) is 0 Å². The lowest BCUT2D eigenvalue weighted by Gasteiger charge is -1.99. The van der Waals surface area contributed by atoms with E-state index in [0.717, 1.165) is 11.8 Å². The minimum absolute atomic E-state index is 0.686. The Hall–Kier alpha value is 0.370. The Kier molecular flexibility index (Phi) is 5.76. The average molecular weight is 197 g/mol. The van der Waals surface area contributed by atoms with Gasteiger partial charge in [-0.25, -0.2) is 0 Å². The Morgan fingerprint density at radius 3 is 2.75 bits per heavy atom. The fourth-order valence-electron chi connectivity index (χ4n) is 0.310. The van der Waals surface area contributed by atoms with Crippen molar-refractivity contribution in [2.75, 3.05) is 11.9 Å². The standard InChI is InChI=1S/C5H9BrOS/c1-2-7-5(8)3-4-6/h2-4H2,1H3. The number of halogens is 1. The summed E-state index contributed by atoms with van der Waals surface area (Å²) in [4.78, 5) is 0. The zero-order valence-corrected chi connectivity index (χ0v) is 7.22. The van der Waals surface area contributed by atoms with Crippen LogP contribution in [-0.2, 0) is 4.74 Å². The fourth-order valence-corrected chi connectivity index (χ4v) is 1.15. The summed E-state index contributed by atoms with van der Waals surface area (Å²) in [6, 6.07) is 0. The predicted octanol–water partition coefficient (Wildman–Crippen LogP) is 2.14. The summed E-state index contributed by atoms with van der Waals surface area (Å²) in [6.07, 6.45) is 0.836. The Balaban J connectivity index is 3.06. The van der Waals surface area contributed by atoms with Gasteiger partial charge in [0.05, 0.1) is 6.61 Å². The molecule has 0 rings (SSSR count). The second-order valence-corrected chi connectivity index (χ2v) is 2.49. The van der Waals surface area contributed by atoms with Crippen LogP contribution in [-0.4, -0.2) is 17.0 Å². The summed E-state index contributed by atoms with van der Waals surface area (Å²) in [7, 11) is 0. The summed E-state index contributed by atoms with van der Waals surface area (Å²) in [5.74, 6) is 0. The molecule has 0 bridgehead atoms. The molecule has 1 nitrogen and oxygen atoms in total. The molecule has 0 heterocycles. The van der Waals surface area contributed by atoms with Gasteiger partial charge in [0.25, 0.3) is 0 Å². The number of hydrogen-bond donors (Lipinski definition) is 0. The van der Waals surface area contributed by atoms with Gasteiger partial charge in [-0.3, -0.25) is 0 Å². The second kappa shape index (κ2) is 5.51. The van der Waals surface area contributed by atoms with Crippen LogP contribution >= 0.6 is 28.1 Å². The third-order valence-corrected chi connectivity index (χ3v) is 1.32. The van der Waals surface area contributed by atoms with Crippen molar-refractivity contribution < 1.29 is 4.74 Å². The number of rotatable bonds is 3. The Morgan fingerprint density at radius 2 is 2.38 bits per heavy atom. The molecule has 0 aromatic rings. The van der Waals surface area contributed by atoms with Crippen molar-refractivity contribution in [3.63, 3.8) is 0 Å². The van der Waals surface area contributed by atoms with Crippen molar-refractivity contribution in [3.8, 4) is 0 Å². The second-order valence-electron chi connectivity index (χ2n) is 1.24. The maximum Gasteiger partial charge on any atom is 0.160 e. The fraction of sp³-hybridized carbons (Fsp3) is 0.800. The van der Waals surface area contributed by atoms with Crippen LogP contribution in [0.15, 0.2) is 0 Å². The molecule has 0 unspecified atom stereocenters. The van der Waals surface area contributed by atoms with Gasteiger partial charge in [-0.15, -0.1) is 0 Å². The number of alkyl halides is 1. The minimum Gasteiger partial charge on any atom is -0.487 e. The Labute approximate surface area is 63.5 Å². The normalized spacial score (nSPS) is 8.75. The van der Waals surface area contributed by atoms with Crippen molar-refractivity contribution in [2.24, 2.45) is 0 Å². The van der Waals surface area contributed by atoms with Crippen LogP contribution in [0.4, 0.5) is 0 Å². The molecule has 8 heavy (non-hydrogen) atoms. The van der Waals surface area contributed by atoms with Gasteiger partial charge in [-0.05, 0) is 19.1 Å². The van der Waals surface area contributed by atoms with Crippen molar-refractivity contribution in [1.29, 1.82) is 0 Å². The molecular weight excluding hydrogens is 188 g/mol. The first-order valence-corrected chi connectivity index (χ1v) is 4.05. The predicted molar refractivity (Wildman–Crippen MR) is 42.6 cm³/mol. The van der Waals surface area contributed by atoms with Crippen LogP contribution < -0.4 is 0 Å². The van der Waals surface area contributed by atoms with Gasteiger partial charge in [-0.1, -0.05) is 15.9 Å². The van der Waals surface area contributed by atoms with Crippen LogP contribution in [0.2, 0.25) is 0 Å². The highest BCUT2D eigenvalue weighted by Gasteiger charge is 1.90. The monoisotopic (exact) mass is 196 g/mol. The lowest BCUT2D eigenvalue weighted by atomic mass is 10.5. The van der Waals surface area contributed by atoms with E-state index in [-0.39, 0.29) is 0 Å². The van der Waals surface area contributed by atoms with Gasteiger partial charge in [-0.2, -0.15) is 0 Å². The van der Waals surface area contributed by atoms with E-state index < -0.39 is 0 Å². The number of thiocarbonyl (C=S) groups is 1. The van der Waals surface area contributed by atoms with E-state index in [1.54, 1.807) is 0 Å². The quantitative estimate of drug-likeness (QED) is 0.506. The van der Waals surface area contributed by atoms with Gasteiger partial charge in [0.2, 0.25) is 0 Å². The molecule has 0 saturated heterocycles. The third-order valence-electron chi connectivity index (χ3n) is 0.604. The molecule has 0 aromatic heterocycles. The lowest BCUT2D eigenvalue weighted by Crippen LogP contribution is -2.00. The highest BCUT2D eigenvalue weighted by Crippen LogP contribution is 1.92. The van der Waals surface area contributed by atoms with Crippen molar-refractivity contribution in [1.82, 2.24) is 0 Å². The van der Waals surface area contributed by atoms with E-state index in [9.17, 15) is 0 Å². The first-order chi connectivity index (χ1) is 3.81. The maximum atomic E-state index is 4.98. The zero-order chi connectivity index (χ0) is 6.41. The molecule has 0 aliphatic heterocycles. The SMILES string of the molecule is CCOC(=S)CCBr. The summed E-state index contributed by atoms with van der Waals surface area (Å²) in [6.45, 7) is 2.62. The molecule has 0 fully saturated rings. The highest BCUT2D eigenvalue weighted by atomic mass is 79.9. The summed E-state index contributed by atoms with van der Waals surface area (Å²) >= 11 is 8.05. The van der Waals surface area contributed by atoms with Gasteiger partial charge < -0.3 is 4.74 Å². The number of hydrogen-bond acceptors (Lipinski definition) is 2. The molecule has 48 valence electrons. The molecule has 3 heteroatoms. The highest BCUT2D eigenvalue weighted by molar-refractivity contribution is 9.09. The van der Waals surface area contributed by atoms with Gasteiger partial charge in [0.15, 0.2) is 5.05 Å². The van der Waals surface area contributed by atoms with Crippen molar-refractivity contribution >= 4 is 33.2 Å². The van der Waals surface area contributed by atoms with Crippen LogP contribution in [0.3, 0.4) is 0 Å². The van der Waals surface area contributed by atoms with Crippen LogP contribution in [0.5, 0.6) is 0 Å². The number of ether oxygens (including phenoxy) is 1. The first kappa shape index (κ1) is 8.37. The van der Waals surface area contributed by atoms with Crippen molar-refractivity contribution in [3.05, 3.63) is 0 Å². The zero-order valence-electron chi connectivity index (χ0n) is 4.82. The molecule has 0 aromatic carbocycles. The molecule has 0 aliphatic carbocycles. The molecule has 0 atom stereocenters.